The molecule has 13 unspecified atom stereocenters. The number of hydrogen-bond donors (Lipinski definition) is 21. The first kappa shape index (κ1) is 69.4. The Labute approximate surface area is 481 Å². The quantitative estimate of drug-likeness (QED) is 0.0427. The van der Waals surface area contributed by atoms with Crippen molar-refractivity contribution in [1.82, 2.24) is 0 Å². The van der Waals surface area contributed by atoms with Gasteiger partial charge in [-0.3, -0.25) is 0 Å². The van der Waals surface area contributed by atoms with Gasteiger partial charge < -0.3 is 188 Å². The number of hydrogen-bond acceptors (Lipinski definition) is 38. The molecule has 0 aromatic carbocycles. The highest BCUT2D eigenvalue weighted by Gasteiger charge is 2.57. The van der Waals surface area contributed by atoms with E-state index in [2.05, 4.69) is 0 Å². The van der Waals surface area contributed by atoms with Gasteiger partial charge in [-0.1, -0.05) is 0 Å². The Morgan fingerprint density at radius 1 is 0.224 bits per heavy atom. The minimum Gasteiger partial charge on any atom is -0.394 e. The molecule has 38 nitrogen and oxygen atoms in total. The third-order valence-corrected chi connectivity index (χ3v) is 16.0. The Kier molecular flexibility index (Phi) is 24.7. The van der Waals surface area contributed by atoms with Crippen molar-refractivity contribution in [3.63, 3.8) is 0 Å². The van der Waals surface area contributed by atoms with E-state index in [0.29, 0.717) is 0 Å². The van der Waals surface area contributed by atoms with Crippen LogP contribution in [-0.2, 0) is 80.5 Å². The predicted octanol–water partition coefficient (Wildman–Crippen LogP) is -15.2. The van der Waals surface area contributed by atoms with Gasteiger partial charge in [0.15, 0.2) is 50.3 Å². The van der Waals surface area contributed by atoms with Crippen LogP contribution in [0.4, 0.5) is 0 Å². The van der Waals surface area contributed by atoms with E-state index in [-0.39, 0.29) is 0 Å². The highest BCUT2D eigenvalue weighted by Crippen LogP contribution is 2.37. The SMILES string of the molecule is CO[C@@H]1OC(CO[C@@H]2O[C@H](CO)[C@H](O[C@@H]3O[C@H](CO)[C@H](O)C3O)C2O)[C@H](O)[C@H](O[C@@H]2OC(CO[C@@H]3O[C@H](CO)[C@H](O)C3O)[C@H](O)[C@H](O[C@@H]3OC(CO[C@@H]4OC(CO[C@@H]5OC(CO)[C@H](O)[C@H](O)C5O)[C@H](O)[C@H](O)C4O)[C@H](O)[C@H](OC)C3O)C2O)C1O. The van der Waals surface area contributed by atoms with Gasteiger partial charge in [-0.15, -0.1) is 0 Å². The Balaban J connectivity index is 0.960. The van der Waals surface area contributed by atoms with Crippen LogP contribution in [0.3, 0.4) is 0 Å². The molecule has 496 valence electrons. The summed E-state index contributed by atoms with van der Waals surface area (Å²) >= 11 is 0. The van der Waals surface area contributed by atoms with Gasteiger partial charge in [0.25, 0.3) is 0 Å². The monoisotopic (exact) mass is 1250 g/mol. The van der Waals surface area contributed by atoms with Crippen LogP contribution in [0, 0.1) is 0 Å². The van der Waals surface area contributed by atoms with Gasteiger partial charge in [-0.05, 0) is 0 Å². The van der Waals surface area contributed by atoms with Gasteiger partial charge in [0.2, 0.25) is 0 Å². The van der Waals surface area contributed by atoms with Gasteiger partial charge in [-0.25, -0.2) is 0 Å². The van der Waals surface area contributed by atoms with Crippen molar-refractivity contribution >= 4 is 0 Å². The average molecular weight is 1250 g/mol. The zero-order valence-electron chi connectivity index (χ0n) is 45.4. The molecule has 0 aromatic rings. The number of rotatable bonds is 24. The lowest BCUT2D eigenvalue weighted by molar-refractivity contribution is -0.385. The molecule has 85 heavy (non-hydrogen) atoms. The van der Waals surface area contributed by atoms with E-state index >= 15 is 0 Å². The number of aliphatic hydroxyl groups excluding tert-OH is 21. The molecule has 0 radical (unpaired) electrons. The molecule has 0 aromatic heterocycles. The van der Waals surface area contributed by atoms with Crippen LogP contribution >= 0.6 is 0 Å². The molecular formula is C47H80O38. The van der Waals surface area contributed by atoms with Crippen molar-refractivity contribution in [3.8, 4) is 0 Å². The van der Waals surface area contributed by atoms with E-state index in [1.165, 1.54) is 0 Å². The first-order chi connectivity index (χ1) is 40.4. The predicted molar refractivity (Wildman–Crippen MR) is 256 cm³/mol. The lowest BCUT2D eigenvalue weighted by atomic mass is 9.95. The lowest BCUT2D eigenvalue weighted by Gasteiger charge is -2.49. The summed E-state index contributed by atoms with van der Waals surface area (Å²) < 4.78 is 95.7. The summed E-state index contributed by atoms with van der Waals surface area (Å²) in [5.74, 6) is 0. The normalized spacial score (nSPS) is 52.5. The van der Waals surface area contributed by atoms with Gasteiger partial charge in [0, 0.05) is 14.2 Å². The molecule has 8 aliphatic heterocycles. The third kappa shape index (κ3) is 14.7. The Hall–Kier alpha value is -1.52. The van der Waals surface area contributed by atoms with E-state index in [0.717, 1.165) is 14.2 Å². The largest absolute Gasteiger partial charge is 0.394 e. The van der Waals surface area contributed by atoms with Crippen molar-refractivity contribution in [2.45, 2.75) is 227 Å². The molecule has 8 aliphatic rings. The fourth-order valence-electron chi connectivity index (χ4n) is 10.9. The fraction of sp³-hybridized carbons (Fsp3) is 1.00. The Morgan fingerprint density at radius 3 is 0.882 bits per heavy atom. The lowest BCUT2D eigenvalue weighted by Crippen LogP contribution is -2.67. The number of methoxy groups -OCH3 is 2. The fourth-order valence-corrected chi connectivity index (χ4v) is 10.9. The summed E-state index contributed by atoms with van der Waals surface area (Å²) in [6.07, 6.45) is -65.2. The van der Waals surface area contributed by atoms with E-state index in [1.54, 1.807) is 0 Å². The molecule has 8 saturated heterocycles. The van der Waals surface area contributed by atoms with Crippen LogP contribution in [-0.4, -0.2) is 402 Å². The van der Waals surface area contributed by atoms with Crippen molar-refractivity contribution in [2.24, 2.45) is 0 Å². The summed E-state index contributed by atoms with van der Waals surface area (Å²) in [7, 11) is 2.15. The molecule has 0 saturated carbocycles. The maximum Gasteiger partial charge on any atom is 0.187 e. The summed E-state index contributed by atoms with van der Waals surface area (Å²) in [5.41, 5.74) is 0. The molecule has 0 amide bonds. The van der Waals surface area contributed by atoms with Crippen LogP contribution in [0.15, 0.2) is 0 Å². The maximum absolute atomic E-state index is 12.0. The van der Waals surface area contributed by atoms with Crippen LogP contribution in [0.1, 0.15) is 0 Å². The number of ether oxygens (including phenoxy) is 17. The van der Waals surface area contributed by atoms with Crippen molar-refractivity contribution < 1.29 is 188 Å². The van der Waals surface area contributed by atoms with Gasteiger partial charge in [0.05, 0.1) is 52.9 Å². The summed E-state index contributed by atoms with van der Waals surface area (Å²) in [5, 5.41) is 224. The smallest absolute Gasteiger partial charge is 0.187 e. The molecule has 8 rings (SSSR count). The highest BCUT2D eigenvalue weighted by molar-refractivity contribution is 5.00. The molecule has 8 heterocycles. The zero-order chi connectivity index (χ0) is 62.0. The second-order valence-corrected chi connectivity index (χ2v) is 21.5. The van der Waals surface area contributed by atoms with Gasteiger partial charge in [-0.2, -0.15) is 0 Å². The second kappa shape index (κ2) is 30.3. The first-order valence-electron chi connectivity index (χ1n) is 27.2. The Bertz CT molecular complexity index is 2010. The maximum atomic E-state index is 12.0. The van der Waals surface area contributed by atoms with Crippen molar-refractivity contribution in [2.75, 3.05) is 67.1 Å². The standard InChI is InChI=1S/C47H80O38/c1-69-37-23(56)16(8-73-43-31(64)27(60)22(55)15(80-43)7-71-42-30(63)26(59)19(52)11(3-48)75-42)81-46(33(37)66)85-39-25(58)18(10-72-41-28(61)20(53)12(4-49)76-41)82-47(35(39)68)84-38-24(57)17(79-40(70-2)34(38)67)9-74-44-32(65)36(14(6-51)78-44)83-45-29(62)21(54)13(5-50)77-45/h11-68H,3-10H2,1-2H3/t11?,12-,13-,14-,15?,16?,17?,18?,19+,20+,21+,22+,23+,24+,25+,26+,27+,28?,29?,30?,31?,32?,33?,34?,35?,36+,37+,38+,39+,40-,41-,42-,43-,44-,45+,46+,47+/m1/s1. The van der Waals surface area contributed by atoms with E-state index in [9.17, 15) is 107 Å². The Morgan fingerprint density at radius 2 is 0.471 bits per heavy atom. The molecule has 38 heteroatoms. The van der Waals surface area contributed by atoms with E-state index < -0.39 is 280 Å². The molecule has 0 aliphatic carbocycles. The van der Waals surface area contributed by atoms with Crippen LogP contribution < -0.4 is 0 Å². The summed E-state index contributed by atoms with van der Waals surface area (Å²) in [6.45, 7) is -6.15. The van der Waals surface area contributed by atoms with Crippen molar-refractivity contribution in [3.05, 3.63) is 0 Å². The van der Waals surface area contributed by atoms with Crippen molar-refractivity contribution in [1.29, 1.82) is 0 Å². The van der Waals surface area contributed by atoms with Gasteiger partial charge >= 0.3 is 0 Å². The minimum atomic E-state index is -2.25. The first-order valence-corrected chi connectivity index (χ1v) is 27.2. The van der Waals surface area contributed by atoms with Crippen LogP contribution in [0.5, 0.6) is 0 Å². The molecule has 8 fully saturated rings. The molecular weight excluding hydrogens is 1170 g/mol. The molecule has 0 bridgehead atoms. The topological polar surface area (TPSA) is 582 Å². The molecule has 37 atom stereocenters. The zero-order valence-corrected chi connectivity index (χ0v) is 45.4. The summed E-state index contributed by atoms with van der Waals surface area (Å²) in [6, 6.07) is 0. The summed E-state index contributed by atoms with van der Waals surface area (Å²) in [4.78, 5) is 0. The molecule has 21 N–H and O–H groups in total. The molecule has 0 spiro atoms. The third-order valence-electron chi connectivity index (χ3n) is 16.0. The minimum absolute atomic E-state index is 0.698. The van der Waals surface area contributed by atoms with E-state index in [1.807, 2.05) is 0 Å². The van der Waals surface area contributed by atoms with Crippen LogP contribution in [0.2, 0.25) is 0 Å². The highest BCUT2D eigenvalue weighted by atomic mass is 16.8. The average Bonchev–Trinajstić information content (AvgIpc) is 4.29. The van der Waals surface area contributed by atoms with E-state index in [4.69, 9.17) is 80.5 Å². The second-order valence-electron chi connectivity index (χ2n) is 21.5. The van der Waals surface area contributed by atoms with Crippen LogP contribution in [0.25, 0.3) is 0 Å². The number of aliphatic hydroxyl groups is 21. The van der Waals surface area contributed by atoms with Gasteiger partial charge in [0.1, 0.15) is 177 Å².